The Morgan fingerprint density at radius 2 is 1.77 bits per heavy atom. The lowest BCUT2D eigenvalue weighted by atomic mass is 10.2. The number of nitro benzene ring substituents is 1. The second-order valence-electron chi connectivity index (χ2n) is 5.12. The first kappa shape index (κ1) is 17.0. The summed E-state index contributed by atoms with van der Waals surface area (Å²) in [6.07, 6.45) is 0. The van der Waals surface area contributed by atoms with Crippen LogP contribution in [0, 0.1) is 15.9 Å². The van der Waals surface area contributed by atoms with E-state index < -0.39 is 22.6 Å². The predicted octanol–water partition coefficient (Wildman–Crippen LogP) is 4.62. The SMILES string of the molecule is O=C(N=Nc1cc(-c2ccc(F)cc2)oc1O)c1ccc([N+](=O)[O-])cc1. The fourth-order valence-corrected chi connectivity index (χ4v) is 2.08. The van der Waals surface area contributed by atoms with Gasteiger partial charge in [-0.1, -0.05) is 0 Å². The third-order valence-electron chi connectivity index (χ3n) is 3.40. The van der Waals surface area contributed by atoms with Crippen molar-refractivity contribution < 1.29 is 23.6 Å². The Morgan fingerprint density at radius 1 is 1.12 bits per heavy atom. The summed E-state index contributed by atoms with van der Waals surface area (Å²) in [6, 6.07) is 11.6. The summed E-state index contributed by atoms with van der Waals surface area (Å²) in [5.41, 5.74) is 0.362. The number of carbonyl (C=O) groups is 1. The molecular formula is C17H10FN3O5. The number of nitro groups is 1. The Labute approximate surface area is 145 Å². The third kappa shape index (κ3) is 3.61. The van der Waals surface area contributed by atoms with Gasteiger partial charge in [0.1, 0.15) is 11.6 Å². The highest BCUT2D eigenvalue weighted by Gasteiger charge is 2.13. The minimum Gasteiger partial charge on any atom is -0.479 e. The number of carbonyl (C=O) groups excluding carboxylic acids is 1. The van der Waals surface area contributed by atoms with Gasteiger partial charge in [-0.05, 0) is 36.4 Å². The number of non-ortho nitro benzene ring substituents is 1. The molecule has 0 radical (unpaired) electrons. The molecular weight excluding hydrogens is 345 g/mol. The van der Waals surface area contributed by atoms with Gasteiger partial charge in [0.25, 0.3) is 11.6 Å². The molecule has 0 aliphatic carbocycles. The van der Waals surface area contributed by atoms with E-state index in [1.807, 2.05) is 0 Å². The van der Waals surface area contributed by atoms with E-state index in [1.54, 1.807) is 0 Å². The lowest BCUT2D eigenvalue weighted by Gasteiger charge is -1.94. The minimum absolute atomic E-state index is 0.0837. The third-order valence-corrected chi connectivity index (χ3v) is 3.40. The molecule has 3 aromatic rings. The van der Waals surface area contributed by atoms with Crippen LogP contribution < -0.4 is 0 Å². The lowest BCUT2D eigenvalue weighted by Crippen LogP contribution is -1.94. The zero-order chi connectivity index (χ0) is 18.7. The lowest BCUT2D eigenvalue weighted by molar-refractivity contribution is -0.384. The van der Waals surface area contributed by atoms with Gasteiger partial charge in [-0.2, -0.15) is 0 Å². The van der Waals surface area contributed by atoms with Crippen LogP contribution in [0.3, 0.4) is 0 Å². The van der Waals surface area contributed by atoms with Crippen molar-refractivity contribution in [3.63, 3.8) is 0 Å². The van der Waals surface area contributed by atoms with Crippen LogP contribution >= 0.6 is 0 Å². The first-order valence-corrected chi connectivity index (χ1v) is 7.23. The molecule has 0 fully saturated rings. The summed E-state index contributed by atoms with van der Waals surface area (Å²) in [5, 5.41) is 27.4. The molecule has 130 valence electrons. The van der Waals surface area contributed by atoms with E-state index in [1.165, 1.54) is 54.6 Å². The number of aromatic hydroxyl groups is 1. The fourth-order valence-electron chi connectivity index (χ4n) is 2.08. The second kappa shape index (κ2) is 6.93. The zero-order valence-corrected chi connectivity index (χ0v) is 13.0. The van der Waals surface area contributed by atoms with Gasteiger partial charge < -0.3 is 9.52 Å². The van der Waals surface area contributed by atoms with E-state index >= 15 is 0 Å². The zero-order valence-electron chi connectivity index (χ0n) is 13.0. The van der Waals surface area contributed by atoms with Crippen molar-refractivity contribution in [2.24, 2.45) is 10.2 Å². The quantitative estimate of drug-likeness (QED) is 0.416. The molecule has 0 spiro atoms. The molecule has 0 aliphatic heterocycles. The number of rotatable bonds is 4. The van der Waals surface area contributed by atoms with Crippen LogP contribution in [0.15, 0.2) is 69.2 Å². The molecule has 3 rings (SSSR count). The maximum Gasteiger partial charge on any atom is 0.311 e. The topological polar surface area (TPSA) is 118 Å². The number of amides is 1. The van der Waals surface area contributed by atoms with E-state index in [2.05, 4.69) is 10.2 Å². The van der Waals surface area contributed by atoms with Crippen LogP contribution in [-0.2, 0) is 0 Å². The van der Waals surface area contributed by atoms with Crippen molar-refractivity contribution in [3.05, 3.63) is 76.1 Å². The van der Waals surface area contributed by atoms with E-state index in [9.17, 15) is 24.4 Å². The Hall–Kier alpha value is -3.88. The Balaban J connectivity index is 1.78. The summed E-state index contributed by atoms with van der Waals surface area (Å²) < 4.78 is 18.1. The van der Waals surface area contributed by atoms with Gasteiger partial charge in [0.05, 0.1) is 4.92 Å². The molecule has 1 aromatic heterocycles. The number of hydrogen-bond acceptors (Lipinski definition) is 6. The Kier molecular flexibility index (Phi) is 4.52. The predicted molar refractivity (Wildman–Crippen MR) is 87.7 cm³/mol. The number of halogens is 1. The van der Waals surface area contributed by atoms with Crippen molar-refractivity contribution in [1.82, 2.24) is 0 Å². The highest BCUT2D eigenvalue weighted by atomic mass is 19.1. The summed E-state index contributed by atoms with van der Waals surface area (Å²) in [4.78, 5) is 21.9. The van der Waals surface area contributed by atoms with E-state index in [0.29, 0.717) is 5.56 Å². The molecule has 0 saturated carbocycles. The van der Waals surface area contributed by atoms with Gasteiger partial charge in [0.2, 0.25) is 0 Å². The molecule has 0 atom stereocenters. The first-order chi connectivity index (χ1) is 12.4. The number of nitrogens with zero attached hydrogens (tertiary/aromatic N) is 3. The van der Waals surface area contributed by atoms with E-state index in [-0.39, 0.29) is 22.7 Å². The number of furan rings is 1. The average Bonchev–Trinajstić information content (AvgIpc) is 3.01. The second-order valence-corrected chi connectivity index (χ2v) is 5.12. The van der Waals surface area contributed by atoms with Gasteiger partial charge in [-0.3, -0.25) is 14.9 Å². The van der Waals surface area contributed by atoms with Gasteiger partial charge in [0.15, 0.2) is 5.69 Å². The molecule has 0 unspecified atom stereocenters. The molecule has 0 aliphatic rings. The van der Waals surface area contributed by atoms with Gasteiger partial charge in [-0.25, -0.2) is 4.39 Å². The maximum absolute atomic E-state index is 12.9. The summed E-state index contributed by atoms with van der Waals surface area (Å²) in [5.74, 6) is -1.49. The maximum atomic E-state index is 12.9. The molecule has 1 N–H and O–H groups in total. The van der Waals surface area contributed by atoms with Crippen LogP contribution in [0.2, 0.25) is 0 Å². The summed E-state index contributed by atoms with van der Waals surface area (Å²) >= 11 is 0. The molecule has 1 heterocycles. The molecule has 0 saturated heterocycles. The average molecular weight is 355 g/mol. The highest BCUT2D eigenvalue weighted by Crippen LogP contribution is 2.36. The number of benzene rings is 2. The van der Waals surface area contributed by atoms with Crippen LogP contribution in [0.4, 0.5) is 15.8 Å². The molecule has 26 heavy (non-hydrogen) atoms. The normalized spacial score (nSPS) is 11.0. The standard InChI is InChI=1S/C17H10FN3O5/c18-12-5-1-10(2-6-12)15-9-14(17(23)26-15)19-20-16(22)11-3-7-13(8-4-11)21(24)25/h1-9,23H. The van der Waals surface area contributed by atoms with Gasteiger partial charge >= 0.3 is 5.95 Å². The minimum atomic E-state index is -0.746. The van der Waals surface area contributed by atoms with Crippen molar-refractivity contribution in [2.75, 3.05) is 0 Å². The molecule has 0 bridgehead atoms. The highest BCUT2D eigenvalue weighted by molar-refractivity contribution is 5.94. The van der Waals surface area contributed by atoms with E-state index in [0.717, 1.165) is 0 Å². The fraction of sp³-hybridized carbons (Fsp3) is 0. The Morgan fingerprint density at radius 3 is 2.38 bits per heavy atom. The van der Waals surface area contributed by atoms with Crippen LogP contribution in [0.1, 0.15) is 10.4 Å². The van der Waals surface area contributed by atoms with Crippen LogP contribution in [0.5, 0.6) is 5.95 Å². The van der Waals surface area contributed by atoms with Crippen molar-refractivity contribution in [2.45, 2.75) is 0 Å². The monoisotopic (exact) mass is 355 g/mol. The van der Waals surface area contributed by atoms with Gasteiger partial charge in [0, 0.05) is 29.3 Å². The van der Waals surface area contributed by atoms with Crippen molar-refractivity contribution in [3.8, 4) is 17.3 Å². The van der Waals surface area contributed by atoms with Crippen LogP contribution in [0.25, 0.3) is 11.3 Å². The van der Waals surface area contributed by atoms with Gasteiger partial charge in [-0.15, -0.1) is 10.2 Å². The number of azo groups is 1. The van der Waals surface area contributed by atoms with E-state index in [4.69, 9.17) is 4.42 Å². The molecule has 8 nitrogen and oxygen atoms in total. The van der Waals surface area contributed by atoms with Crippen molar-refractivity contribution >= 4 is 17.3 Å². The smallest absolute Gasteiger partial charge is 0.311 e. The Bertz CT molecular complexity index is 994. The van der Waals surface area contributed by atoms with Crippen molar-refractivity contribution in [1.29, 1.82) is 0 Å². The summed E-state index contributed by atoms with van der Waals surface area (Å²) in [6.45, 7) is 0. The molecule has 9 heteroatoms. The molecule has 1 amide bonds. The number of hydrogen-bond donors (Lipinski definition) is 1. The summed E-state index contributed by atoms with van der Waals surface area (Å²) in [7, 11) is 0. The first-order valence-electron chi connectivity index (χ1n) is 7.23. The van der Waals surface area contributed by atoms with Crippen LogP contribution in [-0.4, -0.2) is 15.9 Å². The largest absolute Gasteiger partial charge is 0.479 e. The molecule has 2 aromatic carbocycles.